The Balaban J connectivity index is 1.85. The zero-order chi connectivity index (χ0) is 20.5. The number of hydrogen-bond donors (Lipinski definition) is 2. The quantitative estimate of drug-likeness (QED) is 0.477. The Kier molecular flexibility index (Phi) is 8.46. The first kappa shape index (κ1) is 21.9. The molecule has 150 valence electrons. The average Bonchev–Trinajstić information content (AvgIpc) is 3.07. The molecular weight excluding hydrogens is 398 g/mol. The Morgan fingerprint density at radius 2 is 1.96 bits per heavy atom. The van der Waals surface area contributed by atoms with Crippen LogP contribution >= 0.6 is 23.1 Å². The van der Waals surface area contributed by atoms with Crippen molar-refractivity contribution in [2.75, 3.05) is 13.2 Å². The van der Waals surface area contributed by atoms with Crippen molar-refractivity contribution in [2.24, 2.45) is 0 Å². The number of rotatable bonds is 9. The van der Waals surface area contributed by atoms with Crippen LogP contribution in [0.3, 0.4) is 0 Å². The Bertz CT molecular complexity index is 836. The van der Waals surface area contributed by atoms with E-state index >= 15 is 0 Å². The molecule has 2 N–H and O–H groups in total. The fraction of sp³-hybridized carbons (Fsp3) is 0.368. The molecule has 0 unspecified atom stereocenters. The van der Waals surface area contributed by atoms with Gasteiger partial charge in [0.2, 0.25) is 5.91 Å². The summed E-state index contributed by atoms with van der Waals surface area (Å²) in [6.45, 7) is 4.99. The third-order valence-corrected chi connectivity index (χ3v) is 5.60. The van der Waals surface area contributed by atoms with Crippen LogP contribution < -0.4 is 10.6 Å². The van der Waals surface area contributed by atoms with E-state index in [1.165, 1.54) is 0 Å². The maximum absolute atomic E-state index is 12.4. The first-order chi connectivity index (χ1) is 13.3. The zero-order valence-corrected chi connectivity index (χ0v) is 17.6. The summed E-state index contributed by atoms with van der Waals surface area (Å²) in [6, 6.07) is 7.10. The van der Waals surface area contributed by atoms with Gasteiger partial charge in [-0.1, -0.05) is 30.0 Å². The molecule has 0 bridgehead atoms. The molecule has 0 aliphatic heterocycles. The number of benzene rings is 1. The van der Waals surface area contributed by atoms with Crippen LogP contribution in [0.1, 0.15) is 35.5 Å². The second-order valence-corrected chi connectivity index (χ2v) is 8.36. The van der Waals surface area contributed by atoms with Crippen LogP contribution in [0.5, 0.6) is 0 Å². The van der Waals surface area contributed by atoms with Gasteiger partial charge >= 0.3 is 5.97 Å². The van der Waals surface area contributed by atoms with Gasteiger partial charge in [-0.15, -0.1) is 11.3 Å². The summed E-state index contributed by atoms with van der Waals surface area (Å²) in [5, 5.41) is 7.05. The fourth-order valence-corrected chi connectivity index (χ4v) is 4.05. The van der Waals surface area contributed by atoms with Crippen molar-refractivity contribution in [3.05, 3.63) is 46.5 Å². The van der Waals surface area contributed by atoms with Crippen molar-refractivity contribution < 1.29 is 19.1 Å². The number of carbonyl (C=O) groups is 3. The van der Waals surface area contributed by atoms with Crippen LogP contribution in [0, 0.1) is 6.92 Å². The summed E-state index contributed by atoms with van der Waals surface area (Å²) in [6.07, 6.45) is 0. The number of nitrogens with zero attached hydrogens (tertiary/aromatic N) is 1. The maximum atomic E-state index is 12.4. The lowest BCUT2D eigenvalue weighted by Gasteiger charge is -2.10. The highest BCUT2D eigenvalue weighted by Gasteiger charge is 2.15. The molecule has 7 nitrogen and oxygen atoms in total. The molecule has 0 saturated carbocycles. The van der Waals surface area contributed by atoms with E-state index in [1.54, 1.807) is 35.2 Å². The second-order valence-electron chi connectivity index (χ2n) is 6.28. The van der Waals surface area contributed by atoms with E-state index in [4.69, 9.17) is 4.74 Å². The Morgan fingerprint density at radius 1 is 1.21 bits per heavy atom. The van der Waals surface area contributed by atoms with E-state index in [9.17, 15) is 14.4 Å². The molecule has 0 saturated heterocycles. The molecule has 0 spiro atoms. The number of ether oxygens (including phenoxy) is 1. The number of aryl methyl sites for hydroxylation is 1. The van der Waals surface area contributed by atoms with Crippen LogP contribution in [0.2, 0.25) is 0 Å². The van der Waals surface area contributed by atoms with Crippen LogP contribution in [0.25, 0.3) is 0 Å². The number of thioether (sulfide) groups is 1. The maximum Gasteiger partial charge on any atom is 0.338 e. The zero-order valence-electron chi connectivity index (χ0n) is 16.0. The van der Waals surface area contributed by atoms with Crippen molar-refractivity contribution in [2.45, 2.75) is 36.9 Å². The molecule has 0 atom stereocenters. The van der Waals surface area contributed by atoms with Crippen molar-refractivity contribution in [3.8, 4) is 0 Å². The molecule has 2 amide bonds. The van der Waals surface area contributed by atoms with Gasteiger partial charge < -0.3 is 15.4 Å². The van der Waals surface area contributed by atoms with E-state index in [-0.39, 0.29) is 18.5 Å². The SMILES string of the molecule is Cc1csc(SCc2ccccc2C(=O)OCC(=O)NCC(=O)NC(C)C)n1. The average molecular weight is 422 g/mol. The van der Waals surface area contributed by atoms with Gasteiger partial charge in [-0.05, 0) is 32.4 Å². The van der Waals surface area contributed by atoms with Crippen molar-refractivity contribution in [1.82, 2.24) is 15.6 Å². The minimum atomic E-state index is -0.576. The predicted octanol–water partition coefficient (Wildman–Crippen LogP) is 2.54. The fourth-order valence-electron chi connectivity index (χ4n) is 2.20. The highest BCUT2D eigenvalue weighted by atomic mass is 32.2. The molecule has 0 aliphatic rings. The number of thiazole rings is 1. The van der Waals surface area contributed by atoms with Crippen LogP contribution in [0.4, 0.5) is 0 Å². The summed E-state index contributed by atoms with van der Waals surface area (Å²) in [5.41, 5.74) is 2.18. The monoisotopic (exact) mass is 421 g/mol. The van der Waals surface area contributed by atoms with Gasteiger partial charge in [0.25, 0.3) is 5.91 Å². The van der Waals surface area contributed by atoms with Crippen LogP contribution in [0.15, 0.2) is 34.0 Å². The first-order valence-corrected chi connectivity index (χ1v) is 10.6. The molecule has 28 heavy (non-hydrogen) atoms. The molecule has 0 aliphatic carbocycles. The molecule has 1 aromatic carbocycles. The number of hydrogen-bond acceptors (Lipinski definition) is 7. The van der Waals surface area contributed by atoms with E-state index in [1.807, 2.05) is 38.3 Å². The Morgan fingerprint density at radius 3 is 2.64 bits per heavy atom. The van der Waals surface area contributed by atoms with Gasteiger partial charge in [0, 0.05) is 22.9 Å². The number of nitrogens with one attached hydrogen (secondary N) is 2. The lowest BCUT2D eigenvalue weighted by Crippen LogP contribution is -2.41. The Labute approximate surface area is 172 Å². The lowest BCUT2D eigenvalue weighted by atomic mass is 10.1. The minimum Gasteiger partial charge on any atom is -0.452 e. The van der Waals surface area contributed by atoms with Crippen LogP contribution in [-0.2, 0) is 20.1 Å². The van der Waals surface area contributed by atoms with E-state index in [0.29, 0.717) is 11.3 Å². The summed E-state index contributed by atoms with van der Waals surface area (Å²) < 4.78 is 6.03. The van der Waals surface area contributed by atoms with E-state index in [2.05, 4.69) is 15.6 Å². The van der Waals surface area contributed by atoms with Gasteiger partial charge in [0.05, 0.1) is 12.1 Å². The first-order valence-electron chi connectivity index (χ1n) is 8.71. The van der Waals surface area contributed by atoms with Crippen LogP contribution in [-0.4, -0.2) is 42.0 Å². The van der Waals surface area contributed by atoms with Crippen molar-refractivity contribution >= 4 is 40.9 Å². The van der Waals surface area contributed by atoms with Gasteiger partial charge in [-0.2, -0.15) is 0 Å². The van der Waals surface area contributed by atoms with E-state index < -0.39 is 18.5 Å². The third-order valence-electron chi connectivity index (χ3n) is 3.42. The number of amides is 2. The van der Waals surface area contributed by atoms with Gasteiger partial charge in [0.1, 0.15) is 4.34 Å². The second kappa shape index (κ2) is 10.8. The highest BCUT2D eigenvalue weighted by Crippen LogP contribution is 2.27. The minimum absolute atomic E-state index is 0.00936. The molecule has 9 heteroatoms. The number of esters is 1. The molecule has 0 radical (unpaired) electrons. The molecule has 1 aromatic heterocycles. The largest absolute Gasteiger partial charge is 0.452 e. The molecule has 0 fully saturated rings. The standard InChI is InChI=1S/C19H23N3O4S2/c1-12(2)21-16(23)8-20-17(24)9-26-18(25)15-7-5-4-6-14(15)11-28-19-22-13(3)10-27-19/h4-7,10,12H,8-9,11H2,1-3H3,(H,20,24)(H,21,23). The number of carbonyl (C=O) groups excluding carboxylic acids is 3. The van der Waals surface area contributed by atoms with Crippen molar-refractivity contribution in [1.29, 1.82) is 0 Å². The van der Waals surface area contributed by atoms with Gasteiger partial charge in [0.15, 0.2) is 6.61 Å². The van der Waals surface area contributed by atoms with Crippen molar-refractivity contribution in [3.63, 3.8) is 0 Å². The Hall–Kier alpha value is -2.39. The lowest BCUT2D eigenvalue weighted by molar-refractivity contribution is -0.128. The molecule has 1 heterocycles. The summed E-state index contributed by atoms with van der Waals surface area (Å²) >= 11 is 3.10. The molecular formula is C19H23N3O4S2. The summed E-state index contributed by atoms with van der Waals surface area (Å²) in [4.78, 5) is 40.1. The highest BCUT2D eigenvalue weighted by molar-refractivity contribution is 8.00. The topological polar surface area (TPSA) is 97.4 Å². The van der Waals surface area contributed by atoms with E-state index in [0.717, 1.165) is 15.6 Å². The van der Waals surface area contributed by atoms with Gasteiger partial charge in [-0.3, -0.25) is 9.59 Å². The molecule has 2 aromatic rings. The summed E-state index contributed by atoms with van der Waals surface area (Å²) in [7, 11) is 0. The predicted molar refractivity (Wildman–Crippen MR) is 109 cm³/mol. The molecule has 2 rings (SSSR count). The normalized spacial score (nSPS) is 10.6. The van der Waals surface area contributed by atoms with Gasteiger partial charge in [-0.25, -0.2) is 9.78 Å². The third kappa shape index (κ3) is 7.32. The summed E-state index contributed by atoms with van der Waals surface area (Å²) in [5.74, 6) is -0.833. The smallest absolute Gasteiger partial charge is 0.338 e. The number of aromatic nitrogens is 1.